The number of nitrogens with two attached hydrogens (primary N) is 1. The van der Waals surface area contributed by atoms with Crippen LogP contribution >= 0.6 is 0 Å². The molecule has 86 valence electrons. The van der Waals surface area contributed by atoms with Gasteiger partial charge < -0.3 is 15.4 Å². The number of primary amides is 1. The zero-order chi connectivity index (χ0) is 12.0. The van der Waals surface area contributed by atoms with Crippen LogP contribution in [0.15, 0.2) is 0 Å². The fraction of sp³-hybridized carbons (Fsp3) is 0.667. The summed E-state index contributed by atoms with van der Waals surface area (Å²) in [6.45, 7) is 4.79. The van der Waals surface area contributed by atoms with Gasteiger partial charge in [0.1, 0.15) is 6.54 Å². The molecule has 15 heavy (non-hydrogen) atoms. The second-order valence-corrected chi connectivity index (χ2v) is 3.21. The molecule has 0 aromatic rings. The van der Waals surface area contributed by atoms with Crippen molar-refractivity contribution in [2.75, 3.05) is 13.2 Å². The summed E-state index contributed by atoms with van der Waals surface area (Å²) in [7, 11) is 0. The number of hydrogen-bond donors (Lipinski definition) is 1. The molecular formula is C9H16N2O4. The highest BCUT2D eigenvalue weighted by atomic mass is 16.5. The molecule has 0 aliphatic carbocycles. The minimum absolute atomic E-state index is 0.118. The predicted octanol–water partition coefficient (Wildman–Crippen LogP) is -0.728. The van der Waals surface area contributed by atoms with Gasteiger partial charge in [-0.25, -0.2) is 4.79 Å². The van der Waals surface area contributed by atoms with E-state index in [0.29, 0.717) is 0 Å². The van der Waals surface area contributed by atoms with Crippen LogP contribution in [0, 0.1) is 0 Å². The lowest BCUT2D eigenvalue weighted by Crippen LogP contribution is -2.46. The van der Waals surface area contributed by atoms with Gasteiger partial charge in [-0.1, -0.05) is 0 Å². The van der Waals surface area contributed by atoms with Gasteiger partial charge in [0, 0.05) is 6.04 Å². The molecule has 0 aromatic heterocycles. The minimum atomic E-state index is -0.965. The van der Waals surface area contributed by atoms with Crippen LogP contribution in [-0.4, -0.2) is 41.9 Å². The van der Waals surface area contributed by atoms with Gasteiger partial charge in [0.15, 0.2) is 0 Å². The predicted molar refractivity (Wildman–Crippen MR) is 52.7 cm³/mol. The van der Waals surface area contributed by atoms with Crippen molar-refractivity contribution in [3.8, 4) is 0 Å². The average molecular weight is 216 g/mol. The summed E-state index contributed by atoms with van der Waals surface area (Å²) in [4.78, 5) is 34.3. The summed E-state index contributed by atoms with van der Waals surface area (Å²) in [6.07, 6.45) is 0. The Labute approximate surface area is 88.4 Å². The molecule has 0 unspecified atom stereocenters. The maximum absolute atomic E-state index is 11.5. The number of esters is 1. The molecule has 0 spiro atoms. The van der Waals surface area contributed by atoms with Gasteiger partial charge in [0.25, 0.3) is 0 Å². The van der Waals surface area contributed by atoms with Crippen molar-refractivity contribution in [2.24, 2.45) is 5.73 Å². The number of carbonyl (C=O) groups is 3. The maximum atomic E-state index is 11.5. The number of carbonyl (C=O) groups excluding carboxylic acids is 3. The Kier molecular flexibility index (Phi) is 5.36. The Bertz CT molecular complexity index is 263. The molecule has 0 fully saturated rings. The first-order valence-corrected chi connectivity index (χ1v) is 4.66. The van der Waals surface area contributed by atoms with E-state index in [9.17, 15) is 14.4 Å². The quantitative estimate of drug-likeness (QED) is 0.495. The van der Waals surface area contributed by atoms with Crippen LogP contribution in [0.5, 0.6) is 0 Å². The van der Waals surface area contributed by atoms with Gasteiger partial charge in [-0.3, -0.25) is 9.59 Å². The topological polar surface area (TPSA) is 89.7 Å². The van der Waals surface area contributed by atoms with Crippen molar-refractivity contribution < 1.29 is 19.1 Å². The number of rotatable bonds is 4. The van der Waals surface area contributed by atoms with Crippen LogP contribution in [-0.2, 0) is 19.1 Å². The van der Waals surface area contributed by atoms with Crippen LogP contribution in [0.25, 0.3) is 0 Å². The molecule has 0 radical (unpaired) electrons. The summed E-state index contributed by atoms with van der Waals surface area (Å²) in [5, 5.41) is 0. The smallest absolute Gasteiger partial charge is 0.397 e. The van der Waals surface area contributed by atoms with Crippen LogP contribution in [0.2, 0.25) is 0 Å². The minimum Gasteiger partial charge on any atom is -0.459 e. The first-order valence-electron chi connectivity index (χ1n) is 4.66. The van der Waals surface area contributed by atoms with Gasteiger partial charge in [-0.2, -0.15) is 0 Å². The first-order chi connectivity index (χ1) is 6.90. The van der Waals surface area contributed by atoms with E-state index in [1.54, 1.807) is 20.8 Å². The van der Waals surface area contributed by atoms with Crippen LogP contribution in [0.3, 0.4) is 0 Å². The van der Waals surface area contributed by atoms with E-state index >= 15 is 0 Å². The van der Waals surface area contributed by atoms with E-state index < -0.39 is 17.8 Å². The van der Waals surface area contributed by atoms with Crippen molar-refractivity contribution in [3.63, 3.8) is 0 Å². The van der Waals surface area contributed by atoms with Crippen LogP contribution < -0.4 is 5.73 Å². The van der Waals surface area contributed by atoms with E-state index in [2.05, 4.69) is 4.74 Å². The lowest BCUT2D eigenvalue weighted by Gasteiger charge is -2.23. The molecule has 0 rings (SSSR count). The molecule has 0 aromatic carbocycles. The largest absolute Gasteiger partial charge is 0.459 e. The van der Waals surface area contributed by atoms with Crippen molar-refractivity contribution in [3.05, 3.63) is 0 Å². The Balaban J connectivity index is 4.55. The van der Waals surface area contributed by atoms with E-state index in [1.165, 1.54) is 0 Å². The monoisotopic (exact) mass is 216 g/mol. The number of amides is 2. The molecule has 6 heteroatoms. The lowest BCUT2D eigenvalue weighted by molar-refractivity contribution is -0.161. The molecule has 0 saturated heterocycles. The van der Waals surface area contributed by atoms with Gasteiger partial charge in [-0.05, 0) is 20.8 Å². The van der Waals surface area contributed by atoms with Crippen LogP contribution in [0.4, 0.5) is 0 Å². The van der Waals surface area contributed by atoms with Crippen molar-refractivity contribution in [2.45, 2.75) is 26.8 Å². The van der Waals surface area contributed by atoms with Gasteiger partial charge in [-0.15, -0.1) is 0 Å². The molecule has 2 amide bonds. The Morgan fingerprint density at radius 2 is 1.87 bits per heavy atom. The Morgan fingerprint density at radius 1 is 1.33 bits per heavy atom. The molecule has 0 aliphatic rings. The third-order valence-electron chi connectivity index (χ3n) is 1.66. The Morgan fingerprint density at radius 3 is 2.20 bits per heavy atom. The third kappa shape index (κ3) is 4.44. The summed E-state index contributed by atoms with van der Waals surface area (Å²) in [5.74, 6) is -2.47. The Hall–Kier alpha value is -1.59. The summed E-state index contributed by atoms with van der Waals surface area (Å²) in [6, 6.07) is -0.283. The van der Waals surface area contributed by atoms with Crippen molar-refractivity contribution in [1.29, 1.82) is 0 Å². The SMILES string of the molecule is CCOC(=O)C(=O)N(CC(N)=O)C(C)C. The van der Waals surface area contributed by atoms with E-state index in [1.807, 2.05) is 0 Å². The average Bonchev–Trinajstić information content (AvgIpc) is 2.12. The van der Waals surface area contributed by atoms with E-state index in [0.717, 1.165) is 4.90 Å². The second-order valence-electron chi connectivity index (χ2n) is 3.21. The molecule has 0 atom stereocenters. The standard InChI is InChI=1S/C9H16N2O4/c1-4-15-9(14)8(13)11(6(2)3)5-7(10)12/h6H,4-5H2,1-3H3,(H2,10,12). The molecular weight excluding hydrogens is 200 g/mol. The molecule has 0 saturated carbocycles. The van der Waals surface area contributed by atoms with E-state index in [-0.39, 0.29) is 19.2 Å². The fourth-order valence-electron chi connectivity index (χ4n) is 0.967. The highest BCUT2D eigenvalue weighted by molar-refractivity contribution is 6.32. The molecule has 2 N–H and O–H groups in total. The fourth-order valence-corrected chi connectivity index (χ4v) is 0.967. The lowest BCUT2D eigenvalue weighted by atomic mass is 10.3. The number of hydrogen-bond acceptors (Lipinski definition) is 4. The summed E-state index contributed by atoms with van der Waals surface area (Å²) >= 11 is 0. The van der Waals surface area contributed by atoms with Gasteiger partial charge in [0.05, 0.1) is 6.61 Å². The van der Waals surface area contributed by atoms with Gasteiger partial charge in [0.2, 0.25) is 5.91 Å². The maximum Gasteiger partial charge on any atom is 0.397 e. The molecule has 0 bridgehead atoms. The van der Waals surface area contributed by atoms with E-state index in [4.69, 9.17) is 5.73 Å². The highest BCUT2D eigenvalue weighted by Gasteiger charge is 2.26. The second kappa shape index (κ2) is 6.00. The van der Waals surface area contributed by atoms with Crippen LogP contribution in [0.1, 0.15) is 20.8 Å². The summed E-state index contributed by atoms with van der Waals surface area (Å²) in [5.41, 5.74) is 4.96. The molecule has 0 aliphatic heterocycles. The highest BCUT2D eigenvalue weighted by Crippen LogP contribution is 1.99. The normalized spacial score (nSPS) is 9.87. The molecule has 6 nitrogen and oxygen atoms in total. The first kappa shape index (κ1) is 13.4. The summed E-state index contributed by atoms with van der Waals surface area (Å²) < 4.78 is 4.53. The number of nitrogens with zero attached hydrogens (tertiary/aromatic N) is 1. The third-order valence-corrected chi connectivity index (χ3v) is 1.66. The number of ether oxygens (including phenoxy) is 1. The van der Waals surface area contributed by atoms with Crippen molar-refractivity contribution in [1.82, 2.24) is 4.90 Å². The van der Waals surface area contributed by atoms with Crippen molar-refractivity contribution >= 4 is 17.8 Å². The zero-order valence-corrected chi connectivity index (χ0v) is 9.15. The van der Waals surface area contributed by atoms with Gasteiger partial charge >= 0.3 is 11.9 Å². The molecule has 0 heterocycles. The zero-order valence-electron chi connectivity index (χ0n) is 9.15.